The van der Waals surface area contributed by atoms with Crippen molar-refractivity contribution in [2.24, 2.45) is 5.92 Å². The van der Waals surface area contributed by atoms with Gasteiger partial charge in [-0.05, 0) is 43.9 Å². The van der Waals surface area contributed by atoms with Gasteiger partial charge in [-0.2, -0.15) is 0 Å². The average Bonchev–Trinajstić information content (AvgIpc) is 2.42. The lowest BCUT2D eigenvalue weighted by atomic mass is 10.0. The smallest absolute Gasteiger partial charge is 0.379 e. The van der Waals surface area contributed by atoms with Crippen LogP contribution in [0.3, 0.4) is 0 Å². The highest BCUT2D eigenvalue weighted by Crippen LogP contribution is 2.32. The lowest BCUT2D eigenvalue weighted by Crippen LogP contribution is -2.20. The molecule has 0 fully saturated rings. The molecule has 0 aliphatic heterocycles. The Bertz CT molecular complexity index is 550. The monoisotopic (exact) mass is 312 g/mol. The zero-order chi connectivity index (χ0) is 16.2. The Morgan fingerprint density at radius 3 is 2.43 bits per heavy atom. The second kappa shape index (κ2) is 7.46. The van der Waals surface area contributed by atoms with Gasteiger partial charge in [0.25, 0.3) is 5.78 Å². The van der Waals surface area contributed by atoms with Crippen molar-refractivity contribution in [1.82, 2.24) is 0 Å². The molecule has 0 atom stereocenters. The first-order chi connectivity index (χ1) is 9.79. The van der Waals surface area contributed by atoms with Crippen molar-refractivity contribution < 1.29 is 19.1 Å². The number of carbonyl (C=O) groups is 2. The summed E-state index contributed by atoms with van der Waals surface area (Å²) in [5, 5.41) is 0.458. The van der Waals surface area contributed by atoms with Crippen molar-refractivity contribution in [3.05, 3.63) is 27.8 Å². The number of hydrogen-bond donors (Lipinski definition) is 0. The van der Waals surface area contributed by atoms with Crippen LogP contribution in [-0.2, 0) is 9.53 Å². The fourth-order valence-electron chi connectivity index (χ4n) is 1.87. The van der Waals surface area contributed by atoms with Crippen LogP contribution in [-0.4, -0.2) is 25.0 Å². The molecule has 0 unspecified atom stereocenters. The number of ether oxygens (including phenoxy) is 2. The van der Waals surface area contributed by atoms with E-state index in [0.29, 0.717) is 28.9 Å². The summed E-state index contributed by atoms with van der Waals surface area (Å²) in [6.07, 6.45) is 0. The normalized spacial score (nSPS) is 10.6. The van der Waals surface area contributed by atoms with E-state index in [1.54, 1.807) is 19.9 Å². The maximum atomic E-state index is 12.3. The Morgan fingerprint density at radius 1 is 1.29 bits per heavy atom. The molecule has 0 aromatic heterocycles. The summed E-state index contributed by atoms with van der Waals surface area (Å²) < 4.78 is 10.5. The summed E-state index contributed by atoms with van der Waals surface area (Å²) in [5.74, 6) is -0.946. The van der Waals surface area contributed by atoms with E-state index in [0.717, 1.165) is 5.56 Å². The van der Waals surface area contributed by atoms with Crippen LogP contribution in [0.25, 0.3) is 0 Å². The Labute approximate surface area is 130 Å². The molecule has 0 spiro atoms. The quantitative estimate of drug-likeness (QED) is 0.456. The Balaban J connectivity index is 3.29. The molecule has 0 saturated carbocycles. The van der Waals surface area contributed by atoms with Gasteiger partial charge in [0, 0.05) is 5.02 Å². The summed E-state index contributed by atoms with van der Waals surface area (Å²) in [6.45, 7) is 9.77. The molecule has 0 aliphatic carbocycles. The van der Waals surface area contributed by atoms with Crippen molar-refractivity contribution in [3.8, 4) is 5.75 Å². The molecule has 1 aromatic rings. The van der Waals surface area contributed by atoms with Gasteiger partial charge in [-0.15, -0.1) is 0 Å². The Morgan fingerprint density at radius 2 is 1.90 bits per heavy atom. The van der Waals surface area contributed by atoms with Crippen LogP contribution in [0.5, 0.6) is 5.75 Å². The first-order valence-electron chi connectivity index (χ1n) is 6.93. The van der Waals surface area contributed by atoms with Gasteiger partial charge in [0.05, 0.1) is 18.8 Å². The fraction of sp³-hybridized carbons (Fsp3) is 0.500. The topological polar surface area (TPSA) is 52.6 Å². The number of aryl methyl sites for hydroxylation is 1. The largest absolute Gasteiger partial charge is 0.493 e. The van der Waals surface area contributed by atoms with E-state index in [2.05, 4.69) is 0 Å². The molecule has 0 bridgehead atoms. The number of halogens is 1. The molecule has 21 heavy (non-hydrogen) atoms. The van der Waals surface area contributed by atoms with Gasteiger partial charge < -0.3 is 9.47 Å². The zero-order valence-electron chi connectivity index (χ0n) is 13.1. The molecule has 5 heteroatoms. The number of benzene rings is 1. The standard InChI is InChI=1S/C16H21ClO4/c1-6-20-16(19)15(18)13-11(5)14(17)10(4)7-12(13)21-8-9(2)3/h7,9H,6,8H2,1-5H3. The van der Waals surface area contributed by atoms with Crippen LogP contribution in [0.2, 0.25) is 5.02 Å². The van der Waals surface area contributed by atoms with Crippen molar-refractivity contribution in [1.29, 1.82) is 0 Å². The van der Waals surface area contributed by atoms with E-state index in [-0.39, 0.29) is 12.2 Å². The minimum atomic E-state index is -0.894. The third-order valence-corrected chi connectivity index (χ3v) is 3.49. The number of hydrogen-bond acceptors (Lipinski definition) is 4. The van der Waals surface area contributed by atoms with Crippen LogP contribution < -0.4 is 4.74 Å². The highest BCUT2D eigenvalue weighted by molar-refractivity contribution is 6.42. The molecule has 0 aliphatic rings. The molecule has 0 radical (unpaired) electrons. The van der Waals surface area contributed by atoms with E-state index < -0.39 is 11.8 Å². The maximum Gasteiger partial charge on any atom is 0.379 e. The molecule has 0 amide bonds. The van der Waals surface area contributed by atoms with Gasteiger partial charge in [0.2, 0.25) is 0 Å². The lowest BCUT2D eigenvalue weighted by Gasteiger charge is -2.16. The zero-order valence-corrected chi connectivity index (χ0v) is 13.8. The average molecular weight is 313 g/mol. The SMILES string of the molecule is CCOC(=O)C(=O)c1c(OCC(C)C)cc(C)c(Cl)c1C. The second-order valence-corrected chi connectivity index (χ2v) is 5.64. The van der Waals surface area contributed by atoms with Crippen molar-refractivity contribution in [3.63, 3.8) is 0 Å². The molecule has 4 nitrogen and oxygen atoms in total. The number of Topliss-reactive ketones (excluding diaryl/α,β-unsaturated/α-hetero) is 1. The fourth-order valence-corrected chi connectivity index (χ4v) is 2.02. The van der Waals surface area contributed by atoms with Crippen molar-refractivity contribution in [2.45, 2.75) is 34.6 Å². The van der Waals surface area contributed by atoms with Crippen LogP contribution in [0, 0.1) is 19.8 Å². The minimum absolute atomic E-state index is 0.144. The predicted molar refractivity (Wildman–Crippen MR) is 82.2 cm³/mol. The van der Waals surface area contributed by atoms with Crippen LogP contribution in [0.15, 0.2) is 6.07 Å². The Kier molecular flexibility index (Phi) is 6.21. The maximum absolute atomic E-state index is 12.3. The van der Waals surface area contributed by atoms with E-state index in [9.17, 15) is 9.59 Å². The number of rotatable bonds is 6. The number of ketones is 1. The predicted octanol–water partition coefficient (Wildman–Crippen LogP) is 3.74. The molecule has 0 N–H and O–H groups in total. The van der Waals surface area contributed by atoms with Gasteiger partial charge in [0.1, 0.15) is 5.75 Å². The van der Waals surface area contributed by atoms with Gasteiger partial charge in [0.15, 0.2) is 0 Å². The van der Waals surface area contributed by atoms with Gasteiger partial charge in [-0.1, -0.05) is 25.4 Å². The summed E-state index contributed by atoms with van der Waals surface area (Å²) in [5.41, 5.74) is 1.52. The molecule has 1 rings (SSSR count). The van der Waals surface area contributed by atoms with E-state index in [1.807, 2.05) is 20.8 Å². The lowest BCUT2D eigenvalue weighted by molar-refractivity contribution is -0.137. The van der Waals surface area contributed by atoms with Gasteiger partial charge >= 0.3 is 5.97 Å². The highest BCUT2D eigenvalue weighted by Gasteiger charge is 2.26. The summed E-state index contributed by atoms with van der Waals surface area (Å²) in [7, 11) is 0. The molecular weight excluding hydrogens is 292 g/mol. The summed E-state index contributed by atoms with van der Waals surface area (Å²) >= 11 is 6.18. The van der Waals surface area contributed by atoms with Crippen molar-refractivity contribution >= 4 is 23.4 Å². The Hall–Kier alpha value is -1.55. The van der Waals surface area contributed by atoms with Crippen LogP contribution >= 0.6 is 11.6 Å². The summed E-state index contributed by atoms with van der Waals surface area (Å²) in [4.78, 5) is 24.0. The molecule has 116 valence electrons. The van der Waals surface area contributed by atoms with Gasteiger partial charge in [-0.25, -0.2) is 4.79 Å². The summed E-state index contributed by atoms with van der Waals surface area (Å²) in [6, 6.07) is 1.68. The first-order valence-corrected chi connectivity index (χ1v) is 7.31. The second-order valence-electron chi connectivity index (χ2n) is 5.26. The molecular formula is C16H21ClO4. The van der Waals surface area contributed by atoms with Crippen molar-refractivity contribution in [2.75, 3.05) is 13.2 Å². The van der Waals surface area contributed by atoms with Crippen LogP contribution in [0.4, 0.5) is 0 Å². The highest BCUT2D eigenvalue weighted by atomic mass is 35.5. The van der Waals surface area contributed by atoms with E-state index in [4.69, 9.17) is 21.1 Å². The number of esters is 1. The van der Waals surface area contributed by atoms with E-state index in [1.165, 1.54) is 0 Å². The molecule has 1 aromatic carbocycles. The minimum Gasteiger partial charge on any atom is -0.493 e. The first kappa shape index (κ1) is 17.5. The van der Waals surface area contributed by atoms with Crippen LogP contribution in [0.1, 0.15) is 42.3 Å². The third kappa shape index (κ3) is 4.21. The third-order valence-electron chi connectivity index (χ3n) is 2.90. The molecule has 0 saturated heterocycles. The number of carbonyl (C=O) groups excluding carboxylic acids is 2. The molecule has 0 heterocycles. The van der Waals surface area contributed by atoms with E-state index >= 15 is 0 Å². The van der Waals surface area contributed by atoms with Gasteiger partial charge in [-0.3, -0.25) is 4.79 Å².